The summed E-state index contributed by atoms with van der Waals surface area (Å²) in [5, 5.41) is 7.02. The quantitative estimate of drug-likeness (QED) is 0.903. The Labute approximate surface area is 112 Å². The molecule has 1 fully saturated rings. The summed E-state index contributed by atoms with van der Waals surface area (Å²) in [6.45, 7) is 3.93. The first-order valence-corrected chi connectivity index (χ1v) is 6.70. The number of nitrogens with one attached hydrogen (secondary N) is 1. The number of carbonyl (C=O) groups is 1. The van der Waals surface area contributed by atoms with Gasteiger partial charge in [0.15, 0.2) is 5.71 Å². The van der Waals surface area contributed by atoms with Crippen molar-refractivity contribution in [2.45, 2.75) is 44.2 Å². The van der Waals surface area contributed by atoms with Crippen LogP contribution in [0, 0.1) is 0 Å². The first-order valence-electron chi connectivity index (χ1n) is 6.70. The molecule has 1 unspecified atom stereocenters. The molecule has 1 atom stereocenters. The number of hydrogen-bond donors (Lipinski definition) is 1. The van der Waals surface area contributed by atoms with Crippen LogP contribution in [0.1, 0.15) is 38.2 Å². The molecule has 3 rings (SSSR count). The van der Waals surface area contributed by atoms with Crippen LogP contribution >= 0.6 is 0 Å². The average Bonchev–Trinajstić information content (AvgIpc) is 3.13. The van der Waals surface area contributed by atoms with Gasteiger partial charge in [0.25, 0.3) is 5.91 Å². The minimum absolute atomic E-state index is 0.0954. The van der Waals surface area contributed by atoms with Gasteiger partial charge < -0.3 is 10.2 Å². The van der Waals surface area contributed by atoms with E-state index in [2.05, 4.69) is 10.5 Å². The molecule has 4 nitrogen and oxygen atoms in total. The lowest BCUT2D eigenvalue weighted by molar-refractivity contribution is -0.115. The number of benzene rings is 1. The van der Waals surface area contributed by atoms with E-state index < -0.39 is 5.60 Å². The predicted octanol–water partition coefficient (Wildman–Crippen LogP) is 2.21. The summed E-state index contributed by atoms with van der Waals surface area (Å²) < 4.78 is 0. The highest BCUT2D eigenvalue weighted by atomic mass is 16.7. The van der Waals surface area contributed by atoms with E-state index >= 15 is 0 Å². The second-order valence-electron chi connectivity index (χ2n) is 5.76. The average molecular weight is 258 g/mol. The van der Waals surface area contributed by atoms with Crippen LogP contribution in [0.3, 0.4) is 0 Å². The molecule has 1 aromatic carbocycles. The van der Waals surface area contributed by atoms with Gasteiger partial charge >= 0.3 is 0 Å². The van der Waals surface area contributed by atoms with Crippen molar-refractivity contribution in [3.8, 4) is 0 Å². The predicted molar refractivity (Wildman–Crippen MR) is 72.9 cm³/mol. The molecule has 1 amide bonds. The van der Waals surface area contributed by atoms with E-state index in [-0.39, 0.29) is 11.8 Å². The van der Waals surface area contributed by atoms with Crippen molar-refractivity contribution in [2.24, 2.45) is 5.16 Å². The van der Waals surface area contributed by atoms with Crippen LogP contribution in [0.5, 0.6) is 0 Å². The fourth-order valence-electron chi connectivity index (χ4n) is 2.47. The van der Waals surface area contributed by atoms with Crippen LogP contribution in [0.2, 0.25) is 0 Å². The van der Waals surface area contributed by atoms with Crippen molar-refractivity contribution < 1.29 is 9.63 Å². The maximum atomic E-state index is 12.2. The summed E-state index contributed by atoms with van der Waals surface area (Å²) in [6, 6.07) is 10.3. The Hall–Kier alpha value is -1.84. The Balaban J connectivity index is 1.88. The number of nitrogens with zero attached hydrogens (tertiary/aromatic N) is 1. The lowest BCUT2D eigenvalue weighted by Gasteiger charge is -2.25. The molecule has 2 aliphatic rings. The van der Waals surface area contributed by atoms with Gasteiger partial charge in [0.05, 0.1) is 5.92 Å². The van der Waals surface area contributed by atoms with E-state index in [0.29, 0.717) is 11.8 Å². The number of rotatable bonds is 3. The lowest BCUT2D eigenvalue weighted by Crippen LogP contribution is -2.39. The Morgan fingerprint density at radius 3 is 2.63 bits per heavy atom. The summed E-state index contributed by atoms with van der Waals surface area (Å²) in [5.74, 6) is -0.214. The van der Waals surface area contributed by atoms with Gasteiger partial charge in [-0.05, 0) is 32.3 Å². The maximum Gasteiger partial charge on any atom is 0.270 e. The van der Waals surface area contributed by atoms with E-state index in [1.165, 1.54) is 0 Å². The minimum Gasteiger partial charge on any atom is -0.388 e. The smallest absolute Gasteiger partial charge is 0.270 e. The summed E-state index contributed by atoms with van der Waals surface area (Å²) in [5.41, 5.74) is 1.07. The van der Waals surface area contributed by atoms with Crippen molar-refractivity contribution >= 4 is 11.6 Å². The van der Waals surface area contributed by atoms with Crippen LogP contribution in [-0.2, 0) is 9.63 Å². The van der Waals surface area contributed by atoms with Gasteiger partial charge in [-0.2, -0.15) is 0 Å². The molecule has 0 aromatic heterocycles. The first kappa shape index (κ1) is 12.2. The Kier molecular flexibility index (Phi) is 2.81. The van der Waals surface area contributed by atoms with Crippen molar-refractivity contribution in [1.29, 1.82) is 0 Å². The fraction of sp³-hybridized carbons (Fsp3) is 0.467. The molecule has 0 bridgehead atoms. The van der Waals surface area contributed by atoms with Crippen molar-refractivity contribution in [3.05, 3.63) is 35.9 Å². The molecule has 4 heteroatoms. The molecule has 1 saturated carbocycles. The van der Waals surface area contributed by atoms with E-state index in [1.807, 2.05) is 44.2 Å². The van der Waals surface area contributed by atoms with Gasteiger partial charge in [-0.15, -0.1) is 0 Å². The second-order valence-corrected chi connectivity index (χ2v) is 5.76. The summed E-state index contributed by atoms with van der Waals surface area (Å²) >= 11 is 0. The number of carbonyl (C=O) groups excluding carboxylic acids is 1. The fourth-order valence-corrected chi connectivity index (χ4v) is 2.47. The van der Waals surface area contributed by atoms with E-state index in [1.54, 1.807) is 0 Å². The van der Waals surface area contributed by atoms with Crippen LogP contribution in [-0.4, -0.2) is 23.3 Å². The van der Waals surface area contributed by atoms with Gasteiger partial charge in [-0.1, -0.05) is 35.5 Å². The molecule has 0 spiro atoms. The molecular formula is C15H18N2O2. The third kappa shape index (κ3) is 2.35. The molecule has 1 aliphatic carbocycles. The molecule has 1 N–H and O–H groups in total. The Morgan fingerprint density at radius 2 is 2.00 bits per heavy atom. The van der Waals surface area contributed by atoms with Gasteiger partial charge in [-0.3, -0.25) is 4.79 Å². The van der Waals surface area contributed by atoms with Gasteiger partial charge in [0.2, 0.25) is 0 Å². The summed E-state index contributed by atoms with van der Waals surface area (Å²) in [4.78, 5) is 17.7. The van der Waals surface area contributed by atoms with Crippen molar-refractivity contribution in [2.75, 3.05) is 0 Å². The molecule has 1 heterocycles. The van der Waals surface area contributed by atoms with Gasteiger partial charge in [-0.25, -0.2) is 0 Å². The van der Waals surface area contributed by atoms with Gasteiger partial charge in [0, 0.05) is 6.04 Å². The monoisotopic (exact) mass is 258 g/mol. The van der Waals surface area contributed by atoms with Crippen LogP contribution in [0.25, 0.3) is 0 Å². The third-order valence-electron chi connectivity index (χ3n) is 3.63. The number of oxime groups is 1. The van der Waals surface area contributed by atoms with Crippen LogP contribution in [0.4, 0.5) is 0 Å². The van der Waals surface area contributed by atoms with Crippen molar-refractivity contribution in [1.82, 2.24) is 5.32 Å². The highest BCUT2D eigenvalue weighted by Gasteiger charge is 2.45. The zero-order valence-electron chi connectivity index (χ0n) is 11.2. The van der Waals surface area contributed by atoms with Crippen molar-refractivity contribution in [3.63, 3.8) is 0 Å². The molecule has 19 heavy (non-hydrogen) atoms. The SMILES string of the molecule is CC1(C)ON=C(C(=O)NC2CC2)C1c1ccccc1. The molecule has 0 saturated heterocycles. The summed E-state index contributed by atoms with van der Waals surface area (Å²) in [7, 11) is 0. The number of amides is 1. The van der Waals surface area contributed by atoms with E-state index in [0.717, 1.165) is 18.4 Å². The Bertz CT molecular complexity index is 518. The zero-order valence-corrected chi connectivity index (χ0v) is 11.2. The molecular weight excluding hydrogens is 240 g/mol. The molecule has 1 aliphatic heterocycles. The number of hydrogen-bond acceptors (Lipinski definition) is 3. The summed E-state index contributed by atoms with van der Waals surface area (Å²) in [6.07, 6.45) is 2.14. The largest absolute Gasteiger partial charge is 0.388 e. The highest BCUT2D eigenvalue weighted by Crippen LogP contribution is 2.37. The molecule has 100 valence electrons. The van der Waals surface area contributed by atoms with E-state index in [4.69, 9.17) is 4.84 Å². The first-order chi connectivity index (χ1) is 9.08. The van der Waals surface area contributed by atoms with E-state index in [9.17, 15) is 4.79 Å². The second kappa shape index (κ2) is 4.37. The van der Waals surface area contributed by atoms with Crippen LogP contribution < -0.4 is 5.32 Å². The topological polar surface area (TPSA) is 50.7 Å². The molecule has 0 radical (unpaired) electrons. The molecule has 1 aromatic rings. The normalized spacial score (nSPS) is 24.5. The lowest BCUT2D eigenvalue weighted by atomic mass is 9.81. The zero-order chi connectivity index (χ0) is 13.5. The standard InChI is InChI=1S/C15H18N2O2/c1-15(2)12(10-6-4-3-5-7-10)13(17-19-15)14(18)16-11-8-9-11/h3-7,11-12H,8-9H2,1-2H3,(H,16,18). The maximum absolute atomic E-state index is 12.2. The van der Waals surface area contributed by atoms with Crippen LogP contribution in [0.15, 0.2) is 35.5 Å². The Morgan fingerprint density at radius 1 is 1.32 bits per heavy atom. The minimum atomic E-state index is -0.489. The third-order valence-corrected chi connectivity index (χ3v) is 3.63. The highest BCUT2D eigenvalue weighted by molar-refractivity contribution is 6.41. The van der Waals surface area contributed by atoms with Gasteiger partial charge in [0.1, 0.15) is 5.60 Å².